The Bertz CT molecular complexity index is 8.00. The molecule has 3 N–H and O–H groups in total. The van der Waals surface area contributed by atoms with Gasteiger partial charge in [-0.3, -0.25) is 0 Å². The standard InChI is InChI=1S/CH4.B.Co.H3N/h1H4;;;1H3. The Labute approximate surface area is 39.5 Å². The SMILES string of the molecule is C.N.[B].[Co]. The summed E-state index contributed by atoms with van der Waals surface area (Å²) in [5.41, 5.74) is 0. The van der Waals surface area contributed by atoms with Gasteiger partial charge in [0, 0.05) is 25.2 Å². The molecule has 1 nitrogen and oxygen atoms in total. The molecule has 0 aromatic heterocycles. The molecule has 4 heavy (non-hydrogen) atoms. The molecule has 0 heterocycles. The van der Waals surface area contributed by atoms with E-state index in [1.165, 1.54) is 0 Å². The monoisotopic (exact) mass is 103 g/mol. The Morgan fingerprint density at radius 2 is 1.00 bits per heavy atom. The smallest absolute Gasteiger partial charge is 0 e. The fraction of sp³-hybridized carbons (Fsp3) is 1.00. The zero-order chi connectivity index (χ0) is 0. The molecule has 0 bridgehead atoms. The third kappa shape index (κ3) is 21.0. The van der Waals surface area contributed by atoms with Crippen LogP contribution in [0.3, 0.4) is 0 Å². The predicted octanol–water partition coefficient (Wildman–Crippen LogP) is 0.415. The zero-order valence-electron chi connectivity index (χ0n) is 1.62. The Balaban J connectivity index is 0. The Hall–Kier alpha value is 0.531. The first kappa shape index (κ1) is 200. The van der Waals surface area contributed by atoms with Crippen LogP contribution in [0.4, 0.5) is 0 Å². The minimum Gasteiger partial charge on any atom is -0.344 e. The fourth-order valence-electron chi connectivity index (χ4n) is 0. The molecular weight excluding hydrogens is 95.8 g/mol. The van der Waals surface area contributed by atoms with Crippen molar-refractivity contribution in [2.24, 2.45) is 0 Å². The first-order valence-electron chi connectivity index (χ1n) is 0. The summed E-state index contributed by atoms with van der Waals surface area (Å²) in [5.74, 6) is 0. The third-order valence-electron chi connectivity index (χ3n) is 0. The van der Waals surface area contributed by atoms with Crippen molar-refractivity contribution in [3.63, 3.8) is 0 Å². The zero-order valence-corrected chi connectivity index (χ0v) is 2.66. The van der Waals surface area contributed by atoms with Crippen LogP contribution in [0, 0.1) is 0 Å². The van der Waals surface area contributed by atoms with E-state index in [0.29, 0.717) is 0 Å². The Morgan fingerprint density at radius 1 is 1.00 bits per heavy atom. The summed E-state index contributed by atoms with van der Waals surface area (Å²) in [5, 5.41) is 0. The average Bonchev–Trinajstić information content (AvgIpc) is 0. The third-order valence-corrected chi connectivity index (χ3v) is 0. The van der Waals surface area contributed by atoms with Gasteiger partial charge in [-0.2, -0.15) is 0 Å². The molecule has 0 saturated carbocycles. The molecule has 0 aromatic carbocycles. The van der Waals surface area contributed by atoms with Crippen molar-refractivity contribution < 1.29 is 16.8 Å². The van der Waals surface area contributed by atoms with Gasteiger partial charge >= 0.3 is 0 Å². The molecule has 0 unspecified atom stereocenters. The van der Waals surface area contributed by atoms with Crippen LogP contribution in [0.1, 0.15) is 7.43 Å². The van der Waals surface area contributed by atoms with Crippen LogP contribution in [0.2, 0.25) is 0 Å². The summed E-state index contributed by atoms with van der Waals surface area (Å²) in [6.07, 6.45) is 0. The molecule has 0 fully saturated rings. The van der Waals surface area contributed by atoms with E-state index in [4.69, 9.17) is 0 Å². The maximum atomic E-state index is 0. The molecule has 0 spiro atoms. The van der Waals surface area contributed by atoms with Gasteiger partial charge in [0.05, 0.1) is 0 Å². The van der Waals surface area contributed by atoms with Crippen molar-refractivity contribution in [1.29, 1.82) is 0 Å². The van der Waals surface area contributed by atoms with Gasteiger partial charge in [0.2, 0.25) is 0 Å². The van der Waals surface area contributed by atoms with Crippen LogP contribution in [0.5, 0.6) is 0 Å². The van der Waals surface area contributed by atoms with Gasteiger partial charge in [-0.1, -0.05) is 7.43 Å². The van der Waals surface area contributed by atoms with Gasteiger partial charge in [-0.15, -0.1) is 0 Å². The molecule has 0 atom stereocenters. The van der Waals surface area contributed by atoms with Crippen LogP contribution >= 0.6 is 0 Å². The van der Waals surface area contributed by atoms with E-state index in [0.717, 1.165) is 0 Å². The normalized spacial score (nSPS) is 0. The average molecular weight is 103 g/mol. The summed E-state index contributed by atoms with van der Waals surface area (Å²) in [4.78, 5) is 0. The minimum absolute atomic E-state index is 0. The quantitative estimate of drug-likeness (QED) is 0.442. The summed E-state index contributed by atoms with van der Waals surface area (Å²) in [6, 6.07) is 0. The molecule has 0 aliphatic rings. The van der Waals surface area contributed by atoms with E-state index in [-0.39, 0.29) is 38.8 Å². The van der Waals surface area contributed by atoms with Crippen molar-refractivity contribution in [2.45, 2.75) is 7.43 Å². The molecule has 0 saturated heterocycles. The second kappa shape index (κ2) is 80.1. The Kier molecular flexibility index (Phi) is 4010. The maximum Gasteiger partial charge on any atom is 0 e. The van der Waals surface area contributed by atoms with Crippen LogP contribution in [-0.2, 0) is 16.8 Å². The van der Waals surface area contributed by atoms with E-state index in [2.05, 4.69) is 0 Å². The number of rotatable bonds is 0. The first-order chi connectivity index (χ1) is 0. The van der Waals surface area contributed by atoms with E-state index in [9.17, 15) is 0 Å². The van der Waals surface area contributed by atoms with Gasteiger partial charge in [-0.05, 0) is 0 Å². The van der Waals surface area contributed by atoms with Gasteiger partial charge in [0.25, 0.3) is 0 Å². The molecule has 0 aliphatic carbocycles. The van der Waals surface area contributed by atoms with Crippen molar-refractivity contribution in [3.8, 4) is 0 Å². The van der Waals surface area contributed by atoms with Crippen LogP contribution in [0.15, 0.2) is 0 Å². The Morgan fingerprint density at radius 3 is 1.00 bits per heavy atom. The molecule has 0 rings (SSSR count). The van der Waals surface area contributed by atoms with E-state index >= 15 is 0 Å². The van der Waals surface area contributed by atoms with Crippen LogP contribution in [0.25, 0.3) is 0 Å². The number of hydrogen-bond donors (Lipinski definition) is 1. The van der Waals surface area contributed by atoms with Gasteiger partial charge in [0.15, 0.2) is 0 Å². The van der Waals surface area contributed by atoms with Crippen molar-refractivity contribution in [3.05, 3.63) is 0 Å². The van der Waals surface area contributed by atoms with Gasteiger partial charge in [-0.25, -0.2) is 0 Å². The second-order valence-electron chi connectivity index (χ2n) is 0. The van der Waals surface area contributed by atoms with Crippen molar-refractivity contribution >= 4 is 8.41 Å². The molecule has 28 valence electrons. The molecule has 0 aliphatic heterocycles. The van der Waals surface area contributed by atoms with E-state index < -0.39 is 0 Å². The van der Waals surface area contributed by atoms with Gasteiger partial charge < -0.3 is 6.15 Å². The molecule has 0 aromatic rings. The predicted molar refractivity (Wildman–Crippen MR) is 17.5 cm³/mol. The summed E-state index contributed by atoms with van der Waals surface area (Å²) >= 11 is 0. The van der Waals surface area contributed by atoms with Crippen molar-refractivity contribution in [2.75, 3.05) is 0 Å². The van der Waals surface area contributed by atoms with Gasteiger partial charge in [0.1, 0.15) is 0 Å². The van der Waals surface area contributed by atoms with Crippen LogP contribution in [-0.4, -0.2) is 8.41 Å². The maximum absolute atomic E-state index is 0. The second-order valence-corrected chi connectivity index (χ2v) is 0. The molecule has 0 amide bonds. The largest absolute Gasteiger partial charge is 0.344 e. The minimum atomic E-state index is 0. The summed E-state index contributed by atoms with van der Waals surface area (Å²) in [7, 11) is 0. The molecular formula is CH7BCoN. The summed E-state index contributed by atoms with van der Waals surface area (Å²) in [6.45, 7) is 0. The summed E-state index contributed by atoms with van der Waals surface area (Å²) < 4.78 is 0. The van der Waals surface area contributed by atoms with Crippen molar-refractivity contribution in [1.82, 2.24) is 6.15 Å². The molecule has 3 heteroatoms. The topological polar surface area (TPSA) is 35.0 Å². The van der Waals surface area contributed by atoms with Crippen LogP contribution < -0.4 is 6.15 Å². The number of hydrogen-bond acceptors (Lipinski definition) is 1. The van der Waals surface area contributed by atoms with E-state index in [1.807, 2.05) is 0 Å². The molecule has 4 radical (unpaired) electrons. The van der Waals surface area contributed by atoms with E-state index in [1.54, 1.807) is 0 Å². The first-order valence-corrected chi connectivity index (χ1v) is 0. The fourth-order valence-corrected chi connectivity index (χ4v) is 0.